The average Bonchev–Trinajstić information content (AvgIpc) is 3.28. The van der Waals surface area contributed by atoms with E-state index in [0.717, 1.165) is 15.8 Å². The van der Waals surface area contributed by atoms with Gasteiger partial charge in [-0.1, -0.05) is 6.07 Å². The highest BCUT2D eigenvalue weighted by molar-refractivity contribution is 6.03. The Bertz CT molecular complexity index is 1020. The van der Waals surface area contributed by atoms with Crippen molar-refractivity contribution in [3.8, 4) is 0 Å². The standard InChI is InChI=1S/C20H19F3N4O2/c1-11-6-12(2)8-13(7-11)24-19(28)15-10-18-25-14(16-4-3-5-29-16)9-17(20(21,22)23)27(18)26-15/h3-8,10,14,17,25H,9H2,1-2H3,(H,24,28)/t14-,17+/m0/s1. The Hall–Kier alpha value is -3.23. The van der Waals surface area contributed by atoms with Crippen LogP contribution in [0.4, 0.5) is 24.7 Å². The van der Waals surface area contributed by atoms with E-state index in [1.54, 1.807) is 24.3 Å². The number of carbonyl (C=O) groups excluding carboxylic acids is 1. The van der Waals surface area contributed by atoms with Crippen LogP contribution in [0, 0.1) is 13.8 Å². The quantitative estimate of drug-likeness (QED) is 0.644. The summed E-state index contributed by atoms with van der Waals surface area (Å²) < 4.78 is 47.1. The fraction of sp³-hybridized carbons (Fsp3) is 0.300. The lowest BCUT2D eigenvalue weighted by Gasteiger charge is -2.32. The van der Waals surface area contributed by atoms with E-state index in [2.05, 4.69) is 15.7 Å². The van der Waals surface area contributed by atoms with Gasteiger partial charge in [0.2, 0.25) is 0 Å². The van der Waals surface area contributed by atoms with Crippen molar-refractivity contribution in [1.82, 2.24) is 9.78 Å². The van der Waals surface area contributed by atoms with Crippen LogP contribution in [0.3, 0.4) is 0 Å². The number of aryl methyl sites for hydroxylation is 2. The Morgan fingerprint density at radius 1 is 1.24 bits per heavy atom. The fourth-order valence-electron chi connectivity index (χ4n) is 3.60. The summed E-state index contributed by atoms with van der Waals surface area (Å²) in [5, 5.41) is 9.63. The first-order valence-electron chi connectivity index (χ1n) is 9.06. The molecule has 0 spiro atoms. The zero-order valence-corrected chi connectivity index (χ0v) is 15.7. The maximum atomic E-state index is 13.7. The number of nitrogens with one attached hydrogen (secondary N) is 2. The van der Waals surface area contributed by atoms with E-state index in [1.807, 2.05) is 19.9 Å². The van der Waals surface area contributed by atoms with Gasteiger partial charge in [0.25, 0.3) is 5.91 Å². The van der Waals surface area contributed by atoms with Crippen LogP contribution in [-0.4, -0.2) is 21.9 Å². The van der Waals surface area contributed by atoms with Crippen LogP contribution in [0.1, 0.15) is 45.9 Å². The molecule has 152 valence electrons. The molecule has 0 bridgehead atoms. The van der Waals surface area contributed by atoms with Gasteiger partial charge in [-0.25, -0.2) is 4.68 Å². The summed E-state index contributed by atoms with van der Waals surface area (Å²) in [5.74, 6) is -0.0624. The lowest BCUT2D eigenvalue weighted by atomic mass is 10.0. The summed E-state index contributed by atoms with van der Waals surface area (Å²) in [6, 6.07) is 7.55. The smallest absolute Gasteiger partial charge is 0.410 e. The molecule has 1 aromatic carbocycles. The molecule has 6 nitrogen and oxygen atoms in total. The lowest BCUT2D eigenvalue weighted by Crippen LogP contribution is -2.35. The van der Waals surface area contributed by atoms with Gasteiger partial charge in [-0.3, -0.25) is 4.79 Å². The number of anilines is 2. The van der Waals surface area contributed by atoms with Gasteiger partial charge in [0.05, 0.1) is 12.3 Å². The highest BCUT2D eigenvalue weighted by Crippen LogP contribution is 2.43. The summed E-state index contributed by atoms with van der Waals surface area (Å²) in [7, 11) is 0. The Kier molecular flexibility index (Phi) is 4.60. The van der Waals surface area contributed by atoms with Crippen molar-refractivity contribution < 1.29 is 22.4 Å². The van der Waals surface area contributed by atoms with E-state index in [-0.39, 0.29) is 17.9 Å². The van der Waals surface area contributed by atoms with Crippen molar-refractivity contribution in [2.45, 2.75) is 38.5 Å². The van der Waals surface area contributed by atoms with Crippen LogP contribution < -0.4 is 10.6 Å². The van der Waals surface area contributed by atoms with Crippen molar-refractivity contribution in [1.29, 1.82) is 0 Å². The number of furan rings is 1. The van der Waals surface area contributed by atoms with Crippen LogP contribution >= 0.6 is 0 Å². The molecule has 0 saturated heterocycles. The number of nitrogens with zero attached hydrogens (tertiary/aromatic N) is 2. The topological polar surface area (TPSA) is 72.1 Å². The molecule has 4 rings (SSSR count). The predicted molar refractivity (Wildman–Crippen MR) is 101 cm³/mol. The minimum absolute atomic E-state index is 0.0963. The highest BCUT2D eigenvalue weighted by Gasteiger charge is 2.47. The second-order valence-corrected chi connectivity index (χ2v) is 7.20. The Labute approximate surface area is 164 Å². The first-order chi connectivity index (χ1) is 13.7. The Morgan fingerprint density at radius 2 is 1.97 bits per heavy atom. The van der Waals surface area contributed by atoms with Crippen molar-refractivity contribution in [3.05, 3.63) is 65.2 Å². The molecule has 1 amide bonds. The van der Waals surface area contributed by atoms with Gasteiger partial charge < -0.3 is 15.1 Å². The second kappa shape index (κ2) is 6.98. The molecule has 9 heteroatoms. The van der Waals surface area contributed by atoms with Crippen molar-refractivity contribution in [2.24, 2.45) is 0 Å². The van der Waals surface area contributed by atoms with Crippen LogP contribution in [0.15, 0.2) is 47.1 Å². The van der Waals surface area contributed by atoms with Gasteiger partial charge in [-0.05, 0) is 49.2 Å². The number of hydrogen-bond acceptors (Lipinski definition) is 4. The van der Waals surface area contributed by atoms with Crippen LogP contribution in [0.25, 0.3) is 0 Å². The third-order valence-corrected chi connectivity index (χ3v) is 4.79. The number of rotatable bonds is 3. The summed E-state index contributed by atoms with van der Waals surface area (Å²) in [4.78, 5) is 12.6. The van der Waals surface area contributed by atoms with Crippen molar-refractivity contribution in [3.63, 3.8) is 0 Å². The van der Waals surface area contributed by atoms with E-state index in [1.165, 1.54) is 12.3 Å². The van der Waals surface area contributed by atoms with Gasteiger partial charge in [0.15, 0.2) is 11.7 Å². The molecule has 0 fully saturated rings. The molecule has 3 heterocycles. The average molecular weight is 404 g/mol. The highest BCUT2D eigenvalue weighted by atomic mass is 19.4. The third kappa shape index (κ3) is 3.85. The number of amides is 1. The SMILES string of the molecule is Cc1cc(C)cc(NC(=O)c2cc3n(n2)[C@@H](C(F)(F)F)C[C@@H](c2ccco2)N3)c1. The number of halogens is 3. The van der Waals surface area contributed by atoms with Gasteiger partial charge in [-0.2, -0.15) is 18.3 Å². The lowest BCUT2D eigenvalue weighted by molar-refractivity contribution is -0.174. The third-order valence-electron chi connectivity index (χ3n) is 4.79. The first kappa shape index (κ1) is 19.1. The summed E-state index contributed by atoms with van der Waals surface area (Å²) in [6.45, 7) is 3.79. The molecule has 2 atom stereocenters. The van der Waals surface area contributed by atoms with Gasteiger partial charge in [0.1, 0.15) is 11.6 Å². The van der Waals surface area contributed by atoms with Gasteiger partial charge in [-0.15, -0.1) is 0 Å². The Morgan fingerprint density at radius 3 is 2.59 bits per heavy atom. The second-order valence-electron chi connectivity index (χ2n) is 7.20. The molecule has 1 aliphatic heterocycles. The fourth-order valence-corrected chi connectivity index (χ4v) is 3.60. The van der Waals surface area contributed by atoms with Gasteiger partial charge in [0, 0.05) is 18.2 Å². The molecular formula is C20H19F3N4O2. The first-order valence-corrected chi connectivity index (χ1v) is 9.06. The van der Waals surface area contributed by atoms with E-state index < -0.39 is 24.2 Å². The monoisotopic (exact) mass is 404 g/mol. The predicted octanol–water partition coefficient (Wildman–Crippen LogP) is 5.01. The molecule has 0 aliphatic carbocycles. The number of hydrogen-bond donors (Lipinski definition) is 2. The number of benzene rings is 1. The molecule has 2 aromatic heterocycles. The number of aromatic nitrogens is 2. The largest absolute Gasteiger partial charge is 0.467 e. The summed E-state index contributed by atoms with van der Waals surface area (Å²) >= 11 is 0. The molecule has 29 heavy (non-hydrogen) atoms. The maximum absolute atomic E-state index is 13.7. The zero-order chi connectivity index (χ0) is 20.8. The molecule has 3 aromatic rings. The maximum Gasteiger partial charge on any atom is 0.410 e. The van der Waals surface area contributed by atoms with Gasteiger partial charge >= 0.3 is 6.18 Å². The van der Waals surface area contributed by atoms with Crippen LogP contribution in [0.2, 0.25) is 0 Å². The molecule has 1 aliphatic rings. The molecule has 0 saturated carbocycles. The molecule has 0 unspecified atom stereocenters. The van der Waals surface area contributed by atoms with E-state index in [9.17, 15) is 18.0 Å². The summed E-state index contributed by atoms with van der Waals surface area (Å²) in [5.41, 5.74) is 2.39. The number of fused-ring (bicyclic) bond motifs is 1. The van der Waals surface area contributed by atoms with Crippen molar-refractivity contribution >= 4 is 17.4 Å². The minimum Gasteiger partial charge on any atom is -0.467 e. The summed E-state index contributed by atoms with van der Waals surface area (Å²) in [6.07, 6.45) is -3.40. The van der Waals surface area contributed by atoms with Crippen LogP contribution in [0.5, 0.6) is 0 Å². The molecule has 2 N–H and O–H groups in total. The minimum atomic E-state index is -4.52. The van der Waals surface area contributed by atoms with E-state index >= 15 is 0 Å². The number of carbonyl (C=O) groups is 1. The molecular weight excluding hydrogens is 385 g/mol. The Balaban J connectivity index is 1.64. The zero-order valence-electron chi connectivity index (χ0n) is 15.7. The number of alkyl halides is 3. The van der Waals surface area contributed by atoms with Crippen LogP contribution in [-0.2, 0) is 0 Å². The molecule has 0 radical (unpaired) electrons. The van der Waals surface area contributed by atoms with E-state index in [0.29, 0.717) is 11.4 Å². The normalized spacial score (nSPS) is 18.8. The van der Waals surface area contributed by atoms with E-state index in [4.69, 9.17) is 4.42 Å². The van der Waals surface area contributed by atoms with Crippen molar-refractivity contribution in [2.75, 3.05) is 10.6 Å².